The van der Waals surface area contributed by atoms with E-state index in [1.54, 1.807) is 0 Å². The minimum atomic E-state index is -0.422. The molecule has 0 atom stereocenters. The molecule has 0 saturated carbocycles. The van der Waals surface area contributed by atoms with Gasteiger partial charge in [-0.3, -0.25) is 19.7 Å². The molecule has 164 valence electrons. The largest absolute Gasteiger partial charge is 0.469 e. The zero-order chi connectivity index (χ0) is 22.0. The second kappa shape index (κ2) is 9.03. The number of methoxy groups -OCH3 is 1. The van der Waals surface area contributed by atoms with Crippen LogP contribution >= 0.6 is 11.3 Å². The van der Waals surface area contributed by atoms with Crippen LogP contribution in [0.25, 0.3) is 15.3 Å². The van der Waals surface area contributed by atoms with E-state index in [1.807, 2.05) is 36.2 Å². The first-order chi connectivity index (χ1) is 15.0. The van der Waals surface area contributed by atoms with Crippen molar-refractivity contribution < 1.29 is 9.53 Å². The van der Waals surface area contributed by atoms with Crippen molar-refractivity contribution in [1.82, 2.24) is 24.7 Å². The lowest BCUT2D eigenvalue weighted by molar-refractivity contribution is -0.139. The zero-order valence-corrected chi connectivity index (χ0v) is 18.7. The number of piperazine rings is 1. The average molecular weight is 443 g/mol. The lowest BCUT2D eigenvalue weighted by atomic mass is 10.1. The molecule has 4 rings (SSSR count). The number of rotatable bonds is 6. The van der Waals surface area contributed by atoms with Gasteiger partial charge in [0.05, 0.1) is 40.7 Å². The van der Waals surface area contributed by atoms with Crippen molar-refractivity contribution in [2.24, 2.45) is 5.10 Å². The third-order valence-electron chi connectivity index (χ3n) is 5.35. The standard InChI is InChI=1S/C21H26N6O3S/c1-4-14(23-26-11-9-25(2)10-12-26)19-16(13-18(28)30-3)24-27(20(19)29)21-22-15-7-5-6-8-17(15)31-21/h5-8,24H,4,9-13H2,1-3H3/b23-14+. The summed E-state index contributed by atoms with van der Waals surface area (Å²) < 4.78 is 7.24. The molecule has 3 heterocycles. The predicted octanol–water partition coefficient (Wildman–Crippen LogP) is 1.85. The van der Waals surface area contributed by atoms with Crippen molar-refractivity contribution >= 4 is 33.2 Å². The Labute approximate surface area is 183 Å². The molecular weight excluding hydrogens is 416 g/mol. The maximum absolute atomic E-state index is 13.5. The minimum absolute atomic E-state index is 0.0409. The molecular formula is C21H26N6O3S. The smallest absolute Gasteiger partial charge is 0.311 e. The average Bonchev–Trinajstić information content (AvgIpc) is 3.34. The number of hydrazone groups is 1. The number of nitrogens with zero attached hydrogens (tertiary/aromatic N) is 5. The number of hydrogen-bond donors (Lipinski definition) is 1. The molecule has 1 fully saturated rings. The summed E-state index contributed by atoms with van der Waals surface area (Å²) in [6, 6.07) is 7.72. The van der Waals surface area contributed by atoms with E-state index in [1.165, 1.54) is 23.1 Å². The number of aromatic nitrogens is 3. The maximum atomic E-state index is 13.5. The molecule has 1 aliphatic rings. The van der Waals surface area contributed by atoms with Gasteiger partial charge in [-0.1, -0.05) is 30.4 Å². The SMILES string of the molecule is CC/C(=N\N1CCN(C)CC1)c1c(CC(=O)OC)[nH]n(-c2nc3ccccc3s2)c1=O. The van der Waals surface area contributed by atoms with Gasteiger partial charge in [0.1, 0.15) is 0 Å². The molecule has 0 aliphatic carbocycles. The number of carbonyl (C=O) groups is 1. The molecule has 0 radical (unpaired) electrons. The highest BCUT2D eigenvalue weighted by atomic mass is 32.1. The predicted molar refractivity (Wildman–Crippen MR) is 121 cm³/mol. The molecule has 1 aliphatic heterocycles. The number of benzene rings is 1. The Kier molecular flexibility index (Phi) is 6.19. The summed E-state index contributed by atoms with van der Waals surface area (Å²) in [6.07, 6.45) is 0.522. The van der Waals surface area contributed by atoms with E-state index in [0.717, 1.165) is 36.4 Å². The van der Waals surface area contributed by atoms with Gasteiger partial charge in [-0.15, -0.1) is 0 Å². The van der Waals surface area contributed by atoms with E-state index in [0.29, 0.717) is 28.5 Å². The van der Waals surface area contributed by atoms with E-state index in [-0.39, 0.29) is 12.0 Å². The molecule has 1 aromatic carbocycles. The highest BCUT2D eigenvalue weighted by Gasteiger charge is 2.24. The second-order valence-corrected chi connectivity index (χ2v) is 8.49. The summed E-state index contributed by atoms with van der Waals surface area (Å²) in [6.45, 7) is 5.38. The minimum Gasteiger partial charge on any atom is -0.469 e. The van der Waals surface area contributed by atoms with Gasteiger partial charge in [0.25, 0.3) is 5.56 Å². The van der Waals surface area contributed by atoms with Gasteiger partial charge in [0.15, 0.2) is 0 Å². The van der Waals surface area contributed by atoms with Crippen molar-refractivity contribution in [1.29, 1.82) is 0 Å². The van der Waals surface area contributed by atoms with Crippen LogP contribution in [0.2, 0.25) is 0 Å². The first kappa shape index (κ1) is 21.3. The number of hydrogen-bond acceptors (Lipinski definition) is 8. The summed E-state index contributed by atoms with van der Waals surface area (Å²) in [7, 11) is 3.42. The Morgan fingerprint density at radius 1 is 1.26 bits per heavy atom. The molecule has 2 aromatic heterocycles. The fourth-order valence-electron chi connectivity index (χ4n) is 3.58. The van der Waals surface area contributed by atoms with Crippen molar-refractivity contribution in [3.05, 3.63) is 45.9 Å². The van der Waals surface area contributed by atoms with E-state index >= 15 is 0 Å². The number of fused-ring (bicyclic) bond motifs is 1. The van der Waals surface area contributed by atoms with Crippen LogP contribution in [-0.4, -0.2) is 76.7 Å². The number of carbonyl (C=O) groups excluding carboxylic acids is 1. The van der Waals surface area contributed by atoms with Crippen molar-refractivity contribution in [2.75, 3.05) is 40.3 Å². The number of H-pyrrole nitrogens is 1. The van der Waals surface area contributed by atoms with E-state index in [4.69, 9.17) is 9.84 Å². The van der Waals surface area contributed by atoms with Gasteiger partial charge in [-0.2, -0.15) is 9.78 Å². The molecule has 0 amide bonds. The number of nitrogens with one attached hydrogen (secondary N) is 1. The molecule has 0 spiro atoms. The third kappa shape index (κ3) is 4.40. The molecule has 9 nitrogen and oxygen atoms in total. The Balaban J connectivity index is 1.79. The van der Waals surface area contributed by atoms with Gasteiger partial charge in [-0.05, 0) is 25.6 Å². The van der Waals surface area contributed by atoms with E-state index in [9.17, 15) is 9.59 Å². The van der Waals surface area contributed by atoms with Crippen LogP contribution in [-0.2, 0) is 16.0 Å². The first-order valence-corrected chi connectivity index (χ1v) is 11.1. The van der Waals surface area contributed by atoms with Gasteiger partial charge >= 0.3 is 5.97 Å². The molecule has 10 heteroatoms. The maximum Gasteiger partial charge on any atom is 0.311 e. The van der Waals surface area contributed by atoms with Crippen LogP contribution in [0.4, 0.5) is 0 Å². The van der Waals surface area contributed by atoms with Gasteiger partial charge in [0.2, 0.25) is 5.13 Å². The van der Waals surface area contributed by atoms with Crippen molar-refractivity contribution in [2.45, 2.75) is 19.8 Å². The molecule has 31 heavy (non-hydrogen) atoms. The molecule has 0 unspecified atom stereocenters. The summed E-state index contributed by atoms with van der Waals surface area (Å²) in [5, 5.41) is 10.4. The van der Waals surface area contributed by atoms with Crippen LogP contribution in [0.5, 0.6) is 0 Å². The van der Waals surface area contributed by atoms with E-state index < -0.39 is 5.97 Å². The van der Waals surface area contributed by atoms with E-state index in [2.05, 4.69) is 22.0 Å². The Morgan fingerprint density at radius 3 is 2.68 bits per heavy atom. The summed E-state index contributed by atoms with van der Waals surface area (Å²) in [5.41, 5.74) is 2.14. The topological polar surface area (TPSA) is 95.8 Å². The van der Waals surface area contributed by atoms with Crippen LogP contribution < -0.4 is 5.56 Å². The second-order valence-electron chi connectivity index (χ2n) is 7.48. The van der Waals surface area contributed by atoms with Crippen LogP contribution in [0, 0.1) is 0 Å². The number of aromatic amines is 1. The van der Waals surface area contributed by atoms with Crippen molar-refractivity contribution in [3.8, 4) is 5.13 Å². The lowest BCUT2D eigenvalue weighted by Crippen LogP contribution is -2.42. The Hall–Kier alpha value is -2.98. The number of ether oxygens (including phenoxy) is 1. The van der Waals surface area contributed by atoms with Gasteiger partial charge < -0.3 is 9.64 Å². The lowest BCUT2D eigenvalue weighted by Gasteiger charge is -2.30. The normalized spacial score (nSPS) is 15.6. The monoisotopic (exact) mass is 442 g/mol. The highest BCUT2D eigenvalue weighted by Crippen LogP contribution is 2.24. The van der Waals surface area contributed by atoms with Crippen molar-refractivity contribution in [3.63, 3.8) is 0 Å². The third-order valence-corrected chi connectivity index (χ3v) is 6.38. The Morgan fingerprint density at radius 2 is 2.00 bits per heavy atom. The molecule has 1 N–H and O–H groups in total. The first-order valence-electron chi connectivity index (χ1n) is 10.3. The number of likely N-dealkylation sites (N-methyl/N-ethyl adjacent to an activating group) is 1. The van der Waals surface area contributed by atoms with Crippen LogP contribution in [0.15, 0.2) is 34.2 Å². The zero-order valence-electron chi connectivity index (χ0n) is 17.9. The molecule has 0 bridgehead atoms. The number of thiazole rings is 1. The number of esters is 1. The fraction of sp³-hybridized carbons (Fsp3) is 0.429. The summed E-state index contributed by atoms with van der Waals surface area (Å²) >= 11 is 1.42. The van der Waals surface area contributed by atoms with Crippen LogP contribution in [0.3, 0.4) is 0 Å². The molecule has 3 aromatic rings. The molecule has 1 saturated heterocycles. The summed E-state index contributed by atoms with van der Waals surface area (Å²) in [5.74, 6) is -0.422. The highest BCUT2D eigenvalue weighted by molar-refractivity contribution is 7.20. The van der Waals surface area contributed by atoms with Gasteiger partial charge in [0, 0.05) is 26.2 Å². The Bertz CT molecular complexity index is 1140. The number of para-hydroxylation sites is 1. The fourth-order valence-corrected chi connectivity index (χ4v) is 4.50. The summed E-state index contributed by atoms with van der Waals surface area (Å²) in [4.78, 5) is 32.3. The van der Waals surface area contributed by atoms with Gasteiger partial charge in [-0.25, -0.2) is 4.98 Å². The quantitative estimate of drug-likeness (QED) is 0.462. The van der Waals surface area contributed by atoms with Crippen LogP contribution in [0.1, 0.15) is 24.6 Å².